The summed E-state index contributed by atoms with van der Waals surface area (Å²) in [5.74, 6) is -0.263. The summed E-state index contributed by atoms with van der Waals surface area (Å²) in [7, 11) is 0. The normalized spacial score (nSPS) is 14.3. The van der Waals surface area contributed by atoms with Crippen LogP contribution in [0.5, 0.6) is 0 Å². The molecule has 136 valence electrons. The largest absolute Gasteiger partial charge is 0.387 e. The van der Waals surface area contributed by atoms with E-state index in [0.717, 1.165) is 40.6 Å². The molecule has 1 unspecified atom stereocenters. The van der Waals surface area contributed by atoms with Gasteiger partial charge in [-0.1, -0.05) is 36.4 Å². The number of hydrogen-bond donors (Lipinski definition) is 4. The molecular weight excluding hydrogens is 352 g/mol. The topological polar surface area (TPSA) is 90.0 Å². The summed E-state index contributed by atoms with van der Waals surface area (Å²) in [5, 5.41) is 25.7. The predicted molar refractivity (Wildman–Crippen MR) is 102 cm³/mol. The van der Waals surface area contributed by atoms with Crippen molar-refractivity contribution < 1.29 is 9.90 Å². The number of amides is 1. The van der Waals surface area contributed by atoms with Crippen molar-refractivity contribution in [3.63, 3.8) is 0 Å². The smallest absolute Gasteiger partial charge is 0.272 e. The van der Waals surface area contributed by atoms with Gasteiger partial charge < -0.3 is 15.7 Å². The van der Waals surface area contributed by atoms with Gasteiger partial charge in [0.1, 0.15) is 0 Å². The van der Waals surface area contributed by atoms with Gasteiger partial charge in [0.25, 0.3) is 5.91 Å². The fourth-order valence-electron chi connectivity index (χ4n) is 3.22. The zero-order valence-electron chi connectivity index (χ0n) is 14.2. The van der Waals surface area contributed by atoms with Crippen LogP contribution in [0.3, 0.4) is 0 Å². The van der Waals surface area contributed by atoms with E-state index in [9.17, 15) is 9.90 Å². The molecule has 2 aromatic carbocycles. The van der Waals surface area contributed by atoms with Crippen molar-refractivity contribution >= 4 is 29.1 Å². The second-order valence-electron chi connectivity index (χ2n) is 6.29. The molecule has 0 saturated heterocycles. The quantitative estimate of drug-likeness (QED) is 0.564. The van der Waals surface area contributed by atoms with Gasteiger partial charge in [-0.25, -0.2) is 0 Å². The van der Waals surface area contributed by atoms with Gasteiger partial charge in [-0.3, -0.25) is 9.89 Å². The van der Waals surface area contributed by atoms with E-state index in [-0.39, 0.29) is 24.9 Å². The molecule has 26 heavy (non-hydrogen) atoms. The lowest BCUT2D eigenvalue weighted by molar-refractivity contribution is 0.0910. The molecule has 1 amide bonds. The Morgan fingerprint density at radius 3 is 2.88 bits per heavy atom. The van der Waals surface area contributed by atoms with Crippen LogP contribution in [0.25, 0.3) is 10.8 Å². The number of H-pyrrole nitrogens is 1. The standard InChI is InChI=1S/C19H20N4O2.ClH/c24-17(14-6-5-12-3-1-2-4-13(12)9-14)11-21-19(25)18-15-10-20-8-7-16(15)22-23-18;/h1-6,9,17,20,24H,7-8,10-11H2,(H,21,25)(H,22,23);1H. The van der Waals surface area contributed by atoms with Gasteiger partial charge >= 0.3 is 0 Å². The number of aromatic amines is 1. The summed E-state index contributed by atoms with van der Waals surface area (Å²) < 4.78 is 0. The molecule has 1 atom stereocenters. The van der Waals surface area contributed by atoms with E-state index >= 15 is 0 Å². The summed E-state index contributed by atoms with van der Waals surface area (Å²) in [5.41, 5.74) is 3.13. The summed E-state index contributed by atoms with van der Waals surface area (Å²) >= 11 is 0. The van der Waals surface area contributed by atoms with Crippen molar-refractivity contribution in [1.29, 1.82) is 0 Å². The molecule has 0 saturated carbocycles. The lowest BCUT2D eigenvalue weighted by Crippen LogP contribution is -2.31. The Kier molecular flexibility index (Phi) is 5.56. The average Bonchev–Trinajstić information content (AvgIpc) is 3.09. The zero-order chi connectivity index (χ0) is 17.2. The fourth-order valence-corrected chi connectivity index (χ4v) is 3.22. The average molecular weight is 373 g/mol. The van der Waals surface area contributed by atoms with Gasteiger partial charge in [-0.05, 0) is 22.4 Å². The molecule has 3 aromatic rings. The lowest BCUT2D eigenvalue weighted by atomic mass is 10.0. The zero-order valence-corrected chi connectivity index (χ0v) is 15.0. The molecule has 0 bridgehead atoms. The van der Waals surface area contributed by atoms with Crippen molar-refractivity contribution in [3.8, 4) is 0 Å². The van der Waals surface area contributed by atoms with E-state index in [1.54, 1.807) is 0 Å². The maximum absolute atomic E-state index is 12.4. The number of aromatic nitrogens is 2. The Morgan fingerprint density at radius 1 is 1.23 bits per heavy atom. The number of aliphatic hydroxyl groups is 1. The van der Waals surface area contributed by atoms with E-state index in [2.05, 4.69) is 20.8 Å². The van der Waals surface area contributed by atoms with Crippen molar-refractivity contribution in [2.75, 3.05) is 13.1 Å². The molecule has 1 aliphatic rings. The molecule has 0 aliphatic carbocycles. The summed E-state index contributed by atoms with van der Waals surface area (Å²) in [6.07, 6.45) is 0.0800. The second-order valence-corrected chi connectivity index (χ2v) is 6.29. The highest BCUT2D eigenvalue weighted by Gasteiger charge is 2.22. The van der Waals surface area contributed by atoms with Gasteiger partial charge in [-0.15, -0.1) is 12.4 Å². The Balaban J connectivity index is 0.00000196. The number of nitrogens with one attached hydrogen (secondary N) is 3. The molecule has 4 N–H and O–H groups in total. The second kappa shape index (κ2) is 7.86. The first kappa shape index (κ1) is 18.4. The van der Waals surface area contributed by atoms with Gasteiger partial charge in [0.05, 0.1) is 6.10 Å². The molecule has 0 fully saturated rings. The number of aliphatic hydroxyl groups excluding tert-OH is 1. The van der Waals surface area contributed by atoms with Crippen molar-refractivity contribution in [3.05, 3.63) is 65.0 Å². The maximum Gasteiger partial charge on any atom is 0.272 e. The molecule has 1 aromatic heterocycles. The summed E-state index contributed by atoms with van der Waals surface area (Å²) in [6, 6.07) is 13.8. The van der Waals surface area contributed by atoms with Crippen molar-refractivity contribution in [2.24, 2.45) is 0 Å². The third kappa shape index (κ3) is 3.58. The summed E-state index contributed by atoms with van der Waals surface area (Å²) in [4.78, 5) is 12.4. The highest BCUT2D eigenvalue weighted by atomic mass is 35.5. The number of halogens is 1. The lowest BCUT2D eigenvalue weighted by Gasteiger charge is -2.14. The Labute approximate surface area is 157 Å². The van der Waals surface area contributed by atoms with Crippen LogP contribution >= 0.6 is 12.4 Å². The number of hydrogen-bond acceptors (Lipinski definition) is 4. The van der Waals surface area contributed by atoms with Gasteiger partial charge in [-0.2, -0.15) is 5.10 Å². The van der Waals surface area contributed by atoms with Crippen LogP contribution in [0.4, 0.5) is 0 Å². The van der Waals surface area contributed by atoms with Crippen LogP contribution < -0.4 is 10.6 Å². The highest BCUT2D eigenvalue weighted by molar-refractivity contribution is 5.94. The monoisotopic (exact) mass is 372 g/mol. The molecule has 6 nitrogen and oxygen atoms in total. The molecule has 1 aliphatic heterocycles. The van der Waals surface area contributed by atoms with Crippen molar-refractivity contribution in [1.82, 2.24) is 20.8 Å². The molecule has 7 heteroatoms. The number of benzene rings is 2. The van der Waals surface area contributed by atoms with Crippen LogP contribution in [0, 0.1) is 0 Å². The number of carbonyl (C=O) groups excluding carboxylic acids is 1. The first-order valence-corrected chi connectivity index (χ1v) is 8.44. The Morgan fingerprint density at radius 2 is 2.04 bits per heavy atom. The van der Waals surface area contributed by atoms with Crippen LogP contribution in [0.15, 0.2) is 42.5 Å². The van der Waals surface area contributed by atoms with Crippen LogP contribution in [0.1, 0.15) is 33.4 Å². The van der Waals surface area contributed by atoms with E-state index in [4.69, 9.17) is 0 Å². The third-order valence-electron chi connectivity index (χ3n) is 4.64. The van der Waals surface area contributed by atoms with Gasteiger partial charge in [0, 0.05) is 37.3 Å². The minimum absolute atomic E-state index is 0. The molecule has 0 radical (unpaired) electrons. The predicted octanol–water partition coefficient (Wildman–Crippen LogP) is 2.09. The number of rotatable bonds is 4. The molecule has 4 rings (SSSR count). The SMILES string of the molecule is Cl.O=C(NCC(O)c1ccc2ccccc2c1)c1n[nH]c2c1CNCC2. The van der Waals surface area contributed by atoms with Crippen LogP contribution in [-0.4, -0.2) is 34.3 Å². The van der Waals surface area contributed by atoms with E-state index in [1.165, 1.54) is 0 Å². The third-order valence-corrected chi connectivity index (χ3v) is 4.64. The maximum atomic E-state index is 12.4. The van der Waals surface area contributed by atoms with Crippen LogP contribution in [-0.2, 0) is 13.0 Å². The Hall–Kier alpha value is -2.41. The fraction of sp³-hybridized carbons (Fsp3) is 0.263. The summed E-state index contributed by atoms with van der Waals surface area (Å²) in [6.45, 7) is 1.67. The molecular formula is C19H21ClN4O2. The van der Waals surface area contributed by atoms with E-state index in [1.807, 2.05) is 42.5 Å². The minimum Gasteiger partial charge on any atom is -0.387 e. The first-order chi connectivity index (χ1) is 12.2. The highest BCUT2D eigenvalue weighted by Crippen LogP contribution is 2.20. The van der Waals surface area contributed by atoms with E-state index < -0.39 is 6.10 Å². The van der Waals surface area contributed by atoms with Gasteiger partial charge in [0.2, 0.25) is 0 Å². The number of fused-ring (bicyclic) bond motifs is 2. The minimum atomic E-state index is -0.763. The van der Waals surface area contributed by atoms with Crippen molar-refractivity contribution in [2.45, 2.75) is 19.1 Å². The van der Waals surface area contributed by atoms with Crippen LogP contribution in [0.2, 0.25) is 0 Å². The molecule has 0 spiro atoms. The number of nitrogens with zero attached hydrogens (tertiary/aromatic N) is 1. The molecule has 2 heterocycles. The number of carbonyl (C=O) groups is 1. The first-order valence-electron chi connectivity index (χ1n) is 8.44. The Bertz CT molecular complexity index is 925. The van der Waals surface area contributed by atoms with E-state index in [0.29, 0.717) is 12.2 Å². The van der Waals surface area contributed by atoms with Gasteiger partial charge in [0.15, 0.2) is 5.69 Å².